The molecule has 112 valence electrons. The number of aromatic nitrogens is 2. The zero-order valence-electron chi connectivity index (χ0n) is 12.4. The Kier molecular flexibility index (Phi) is 4.62. The van der Waals surface area contributed by atoms with Gasteiger partial charge in [0, 0.05) is 20.0 Å². The second-order valence-electron chi connectivity index (χ2n) is 5.42. The molecule has 0 amide bonds. The number of morpholine rings is 1. The van der Waals surface area contributed by atoms with Crippen molar-refractivity contribution < 1.29 is 9.26 Å². The molecule has 0 unspecified atom stereocenters. The van der Waals surface area contributed by atoms with Gasteiger partial charge in [-0.1, -0.05) is 35.5 Å². The van der Waals surface area contributed by atoms with Crippen LogP contribution in [-0.2, 0) is 11.2 Å². The first-order valence-corrected chi connectivity index (χ1v) is 7.49. The minimum absolute atomic E-state index is 0.0621. The number of hydrogen-bond donors (Lipinski definition) is 0. The van der Waals surface area contributed by atoms with Gasteiger partial charge < -0.3 is 9.26 Å². The summed E-state index contributed by atoms with van der Waals surface area (Å²) in [5, 5.41) is 3.96. The van der Waals surface area contributed by atoms with E-state index in [1.54, 1.807) is 6.92 Å². The number of aryl methyl sites for hydroxylation is 2. The predicted molar refractivity (Wildman–Crippen MR) is 78.9 cm³/mol. The average Bonchev–Trinajstić information content (AvgIpc) is 2.95. The molecule has 0 N–H and O–H groups in total. The molecule has 0 radical (unpaired) electrons. The monoisotopic (exact) mass is 287 g/mol. The molecule has 1 saturated heterocycles. The van der Waals surface area contributed by atoms with Crippen LogP contribution in [0.2, 0.25) is 0 Å². The van der Waals surface area contributed by atoms with E-state index in [-0.39, 0.29) is 6.10 Å². The lowest BCUT2D eigenvalue weighted by atomic mass is 10.1. The van der Waals surface area contributed by atoms with E-state index in [9.17, 15) is 0 Å². The highest BCUT2D eigenvalue weighted by atomic mass is 16.5. The van der Waals surface area contributed by atoms with Gasteiger partial charge in [0.25, 0.3) is 0 Å². The Labute approximate surface area is 124 Å². The Morgan fingerprint density at radius 3 is 2.90 bits per heavy atom. The Hall–Kier alpha value is -1.72. The van der Waals surface area contributed by atoms with E-state index in [0.717, 1.165) is 39.1 Å². The molecule has 1 aliphatic heterocycles. The highest BCUT2D eigenvalue weighted by Crippen LogP contribution is 2.19. The number of nitrogens with zero attached hydrogens (tertiary/aromatic N) is 3. The summed E-state index contributed by atoms with van der Waals surface area (Å²) in [7, 11) is 0. The summed E-state index contributed by atoms with van der Waals surface area (Å²) in [5.41, 5.74) is 1.40. The Bertz CT molecular complexity index is 556. The molecule has 5 heteroatoms. The van der Waals surface area contributed by atoms with Crippen LogP contribution in [0, 0.1) is 6.92 Å². The van der Waals surface area contributed by atoms with Crippen LogP contribution in [0.5, 0.6) is 0 Å². The van der Waals surface area contributed by atoms with Gasteiger partial charge in [0.15, 0.2) is 0 Å². The topological polar surface area (TPSA) is 51.4 Å². The van der Waals surface area contributed by atoms with Crippen molar-refractivity contribution in [1.29, 1.82) is 0 Å². The highest BCUT2D eigenvalue weighted by Gasteiger charge is 2.25. The lowest BCUT2D eigenvalue weighted by Crippen LogP contribution is -2.39. The molecule has 1 atom stereocenters. The molecule has 21 heavy (non-hydrogen) atoms. The molecule has 3 rings (SSSR count). The summed E-state index contributed by atoms with van der Waals surface area (Å²) in [4.78, 5) is 6.69. The largest absolute Gasteiger partial charge is 0.367 e. The molecule has 0 spiro atoms. The fraction of sp³-hybridized carbons (Fsp3) is 0.500. The molecule has 1 fully saturated rings. The fourth-order valence-corrected chi connectivity index (χ4v) is 2.66. The maximum absolute atomic E-state index is 5.75. The van der Waals surface area contributed by atoms with Crippen molar-refractivity contribution in [3.8, 4) is 0 Å². The molecule has 0 saturated carbocycles. The van der Waals surface area contributed by atoms with E-state index in [0.29, 0.717) is 11.7 Å². The maximum atomic E-state index is 5.75. The molecule has 2 heterocycles. The van der Waals surface area contributed by atoms with Gasteiger partial charge in [-0.3, -0.25) is 4.90 Å². The summed E-state index contributed by atoms with van der Waals surface area (Å²) >= 11 is 0. The van der Waals surface area contributed by atoms with Crippen molar-refractivity contribution in [3.05, 3.63) is 47.6 Å². The van der Waals surface area contributed by atoms with Gasteiger partial charge in [0.2, 0.25) is 11.7 Å². The van der Waals surface area contributed by atoms with E-state index in [4.69, 9.17) is 9.26 Å². The van der Waals surface area contributed by atoms with Crippen molar-refractivity contribution in [2.75, 3.05) is 26.2 Å². The van der Waals surface area contributed by atoms with E-state index in [2.05, 4.69) is 45.4 Å². The Morgan fingerprint density at radius 1 is 1.29 bits per heavy atom. The first kappa shape index (κ1) is 14.2. The molecule has 2 aromatic rings. The number of hydrogen-bond acceptors (Lipinski definition) is 5. The molecule has 0 bridgehead atoms. The number of benzene rings is 1. The third-order valence-corrected chi connectivity index (χ3v) is 3.76. The quantitative estimate of drug-likeness (QED) is 0.845. The molecular formula is C16H21N3O2. The molecule has 0 aliphatic carbocycles. The third-order valence-electron chi connectivity index (χ3n) is 3.76. The first-order valence-electron chi connectivity index (χ1n) is 7.49. The number of rotatable bonds is 5. The van der Waals surface area contributed by atoms with Crippen molar-refractivity contribution in [3.63, 3.8) is 0 Å². The van der Waals surface area contributed by atoms with Crippen LogP contribution < -0.4 is 0 Å². The van der Waals surface area contributed by atoms with Crippen LogP contribution in [0.3, 0.4) is 0 Å². The minimum Gasteiger partial charge on any atom is -0.367 e. The summed E-state index contributed by atoms with van der Waals surface area (Å²) in [6.07, 6.45) is 2.21. The molecule has 1 aliphatic rings. The van der Waals surface area contributed by atoms with Crippen molar-refractivity contribution in [2.24, 2.45) is 0 Å². The predicted octanol–water partition coefficient (Wildman–Crippen LogP) is 2.38. The van der Waals surface area contributed by atoms with E-state index < -0.39 is 0 Å². The maximum Gasteiger partial charge on any atom is 0.223 e. The number of ether oxygens (including phenoxy) is 1. The van der Waals surface area contributed by atoms with Crippen LogP contribution in [0.1, 0.15) is 29.8 Å². The van der Waals surface area contributed by atoms with Crippen molar-refractivity contribution in [1.82, 2.24) is 15.0 Å². The van der Waals surface area contributed by atoms with Crippen molar-refractivity contribution >= 4 is 0 Å². The van der Waals surface area contributed by atoms with Crippen molar-refractivity contribution in [2.45, 2.75) is 25.9 Å². The zero-order chi connectivity index (χ0) is 14.5. The van der Waals surface area contributed by atoms with E-state index in [1.165, 1.54) is 5.56 Å². The zero-order valence-corrected chi connectivity index (χ0v) is 12.4. The van der Waals surface area contributed by atoms with Gasteiger partial charge in [-0.25, -0.2) is 0 Å². The van der Waals surface area contributed by atoms with Crippen LogP contribution in [-0.4, -0.2) is 41.3 Å². The normalized spacial score (nSPS) is 19.8. The lowest BCUT2D eigenvalue weighted by molar-refractivity contribution is -0.0353. The van der Waals surface area contributed by atoms with Crippen LogP contribution in [0.4, 0.5) is 0 Å². The lowest BCUT2D eigenvalue weighted by Gasteiger charge is -2.31. The first-order chi connectivity index (χ1) is 10.3. The summed E-state index contributed by atoms with van der Waals surface area (Å²) < 4.78 is 10.8. The Morgan fingerprint density at radius 2 is 2.14 bits per heavy atom. The van der Waals surface area contributed by atoms with Crippen LogP contribution in [0.15, 0.2) is 34.9 Å². The van der Waals surface area contributed by atoms with Gasteiger partial charge in [0.05, 0.1) is 6.61 Å². The smallest absolute Gasteiger partial charge is 0.223 e. The molecular weight excluding hydrogens is 266 g/mol. The van der Waals surface area contributed by atoms with E-state index >= 15 is 0 Å². The summed E-state index contributed by atoms with van der Waals surface area (Å²) in [5.74, 6) is 1.26. The van der Waals surface area contributed by atoms with E-state index in [1.807, 2.05) is 0 Å². The van der Waals surface area contributed by atoms with Gasteiger partial charge in [0.1, 0.15) is 6.10 Å². The van der Waals surface area contributed by atoms with Crippen LogP contribution in [0.25, 0.3) is 0 Å². The van der Waals surface area contributed by atoms with Gasteiger partial charge in [-0.15, -0.1) is 0 Å². The SMILES string of the molecule is Cc1nc([C@H]2CN(CCCc3ccccc3)CCO2)no1. The third kappa shape index (κ3) is 3.89. The summed E-state index contributed by atoms with van der Waals surface area (Å²) in [6.45, 7) is 5.42. The Balaban J connectivity index is 1.48. The van der Waals surface area contributed by atoms with Gasteiger partial charge in [-0.2, -0.15) is 4.98 Å². The fourth-order valence-electron chi connectivity index (χ4n) is 2.66. The second-order valence-corrected chi connectivity index (χ2v) is 5.42. The molecule has 1 aromatic heterocycles. The summed E-state index contributed by atoms with van der Waals surface area (Å²) in [6, 6.07) is 10.6. The minimum atomic E-state index is -0.0621. The molecule has 1 aromatic carbocycles. The standard InChI is InChI=1S/C16H21N3O2/c1-13-17-16(18-21-13)15-12-19(10-11-20-15)9-5-8-14-6-3-2-4-7-14/h2-4,6-7,15H,5,8-12H2,1H3/t15-/m1/s1. The van der Waals surface area contributed by atoms with Crippen LogP contribution >= 0.6 is 0 Å². The molecule has 5 nitrogen and oxygen atoms in total. The average molecular weight is 287 g/mol. The van der Waals surface area contributed by atoms with Gasteiger partial charge in [-0.05, 0) is 24.9 Å². The second kappa shape index (κ2) is 6.83. The van der Waals surface area contributed by atoms with Gasteiger partial charge >= 0.3 is 0 Å². The highest BCUT2D eigenvalue weighted by molar-refractivity contribution is 5.14.